The van der Waals surface area contributed by atoms with Crippen LogP contribution in [0.15, 0.2) is 109 Å². The first-order chi connectivity index (χ1) is 16.5. The molecule has 0 radical (unpaired) electrons. The molecule has 0 aliphatic heterocycles. The Morgan fingerprint density at radius 1 is 0.471 bits per heavy atom. The molecule has 4 aromatic carbocycles. The number of ether oxygens (including phenoxy) is 1. The Hall–Kier alpha value is -3.16. The van der Waals surface area contributed by atoms with E-state index in [1.54, 1.807) is 7.11 Å². The van der Waals surface area contributed by atoms with Gasteiger partial charge in [-0.3, -0.25) is 0 Å². The summed E-state index contributed by atoms with van der Waals surface area (Å²) in [5.74, 6) is 1.07. The number of benzene rings is 4. The van der Waals surface area contributed by atoms with Crippen LogP contribution in [0.4, 0.5) is 0 Å². The molecule has 0 aromatic heterocycles. The van der Waals surface area contributed by atoms with Crippen LogP contribution in [0.2, 0.25) is 0 Å². The molecule has 34 heavy (non-hydrogen) atoms. The molecule has 3 unspecified atom stereocenters. The maximum Gasteiger partial charge on any atom is 0.0433 e. The summed E-state index contributed by atoms with van der Waals surface area (Å²) in [4.78, 5) is 0. The molecule has 0 saturated carbocycles. The van der Waals surface area contributed by atoms with Gasteiger partial charge in [0.2, 0.25) is 0 Å². The lowest BCUT2D eigenvalue weighted by atomic mass is 9.82. The quantitative estimate of drug-likeness (QED) is 0.273. The fourth-order valence-electron chi connectivity index (χ4n) is 4.25. The van der Waals surface area contributed by atoms with Crippen molar-refractivity contribution >= 4 is 0 Å². The van der Waals surface area contributed by atoms with E-state index in [-0.39, 0.29) is 0 Å². The van der Waals surface area contributed by atoms with Crippen molar-refractivity contribution in [2.75, 3.05) is 13.7 Å². The van der Waals surface area contributed by atoms with Crippen LogP contribution in [0.3, 0.4) is 0 Å². The molecule has 176 valence electrons. The molecule has 1 heteroatoms. The van der Waals surface area contributed by atoms with E-state index in [0.29, 0.717) is 17.8 Å². The Morgan fingerprint density at radius 2 is 0.706 bits per heavy atom. The minimum absolute atomic E-state index is 0.357. The fourth-order valence-corrected chi connectivity index (χ4v) is 4.25. The maximum atomic E-state index is 4.54. The smallest absolute Gasteiger partial charge is 0.0433 e. The lowest BCUT2D eigenvalue weighted by molar-refractivity contribution is 0.215. The highest BCUT2D eigenvalue weighted by atomic mass is 16.5. The number of hydrogen-bond acceptors (Lipinski definition) is 1. The Labute approximate surface area is 206 Å². The average Bonchev–Trinajstić information content (AvgIpc) is 2.93. The van der Waals surface area contributed by atoms with Crippen LogP contribution < -0.4 is 0 Å². The fraction of sp³-hybridized carbons (Fsp3) is 0.273. The van der Waals surface area contributed by atoms with Gasteiger partial charge < -0.3 is 4.74 Å². The van der Waals surface area contributed by atoms with Gasteiger partial charge in [0.05, 0.1) is 0 Å². The van der Waals surface area contributed by atoms with E-state index in [0.717, 1.165) is 6.61 Å². The van der Waals surface area contributed by atoms with E-state index in [9.17, 15) is 0 Å². The topological polar surface area (TPSA) is 9.23 Å². The summed E-state index contributed by atoms with van der Waals surface area (Å²) >= 11 is 0. The van der Waals surface area contributed by atoms with Gasteiger partial charge in [-0.15, -0.1) is 0 Å². The average molecular weight is 451 g/mol. The summed E-state index contributed by atoms with van der Waals surface area (Å²) in [7, 11) is 1.68. The number of hydrogen-bond donors (Lipinski definition) is 0. The van der Waals surface area contributed by atoms with Gasteiger partial charge >= 0.3 is 0 Å². The largest absolute Gasteiger partial charge is 0.385 e. The van der Waals surface area contributed by atoms with E-state index in [1.807, 2.05) is 6.92 Å². The summed E-state index contributed by atoms with van der Waals surface area (Å²) < 4.78 is 4.54. The van der Waals surface area contributed by atoms with Crippen LogP contribution in [0.1, 0.15) is 78.8 Å². The Bertz CT molecular complexity index is 947. The highest BCUT2D eigenvalue weighted by molar-refractivity contribution is 5.44. The monoisotopic (exact) mass is 450 g/mol. The van der Waals surface area contributed by atoms with Crippen molar-refractivity contribution < 1.29 is 4.74 Å². The van der Waals surface area contributed by atoms with E-state index < -0.39 is 0 Å². The summed E-state index contributed by atoms with van der Waals surface area (Å²) in [5.41, 5.74) is 8.25. The Balaban J connectivity index is 0.000000751. The standard InChI is InChI=1S/C30H30.C3H8O/c1-22(25-13-7-4-8-14-25)28-19-29(23(2)26-15-9-5-10-16-26)21-30(20-28)24(3)27-17-11-6-12-18-27;1-3-4-2/h4-24H,1-3H3;3H2,1-2H3. The summed E-state index contributed by atoms with van der Waals surface area (Å²) in [6, 6.07) is 39.7. The van der Waals surface area contributed by atoms with Gasteiger partial charge in [0.1, 0.15) is 0 Å². The summed E-state index contributed by atoms with van der Waals surface area (Å²) in [5, 5.41) is 0. The van der Waals surface area contributed by atoms with E-state index in [4.69, 9.17) is 0 Å². The van der Waals surface area contributed by atoms with E-state index >= 15 is 0 Å². The number of rotatable bonds is 7. The van der Waals surface area contributed by atoms with Crippen LogP contribution in [-0.4, -0.2) is 13.7 Å². The van der Waals surface area contributed by atoms with Gasteiger partial charge in [-0.1, -0.05) is 130 Å². The lowest BCUT2D eigenvalue weighted by Gasteiger charge is -2.22. The minimum atomic E-state index is 0.357. The molecule has 0 heterocycles. The van der Waals surface area contributed by atoms with Crippen LogP contribution in [0.25, 0.3) is 0 Å². The van der Waals surface area contributed by atoms with Crippen molar-refractivity contribution in [1.82, 2.24) is 0 Å². The number of methoxy groups -OCH3 is 1. The molecule has 0 spiro atoms. The molecule has 0 bridgehead atoms. The van der Waals surface area contributed by atoms with Crippen LogP contribution in [0, 0.1) is 0 Å². The van der Waals surface area contributed by atoms with Crippen LogP contribution in [0.5, 0.6) is 0 Å². The molecule has 4 rings (SSSR count). The van der Waals surface area contributed by atoms with Gasteiger partial charge in [-0.25, -0.2) is 0 Å². The Kier molecular flexibility index (Phi) is 9.67. The minimum Gasteiger partial charge on any atom is -0.385 e. The predicted octanol–water partition coefficient (Wildman–Crippen LogP) is 8.79. The second-order valence-electron chi connectivity index (χ2n) is 8.91. The van der Waals surface area contributed by atoms with Crippen molar-refractivity contribution in [3.05, 3.63) is 143 Å². The lowest BCUT2D eigenvalue weighted by Crippen LogP contribution is -2.05. The molecule has 0 aliphatic carbocycles. The highest BCUT2D eigenvalue weighted by Crippen LogP contribution is 2.34. The molecular formula is C33H38O. The molecule has 0 fully saturated rings. The van der Waals surface area contributed by atoms with Crippen molar-refractivity contribution in [2.24, 2.45) is 0 Å². The van der Waals surface area contributed by atoms with E-state index in [2.05, 4.69) is 135 Å². The van der Waals surface area contributed by atoms with E-state index in [1.165, 1.54) is 33.4 Å². The zero-order chi connectivity index (χ0) is 24.3. The first-order valence-electron chi connectivity index (χ1n) is 12.3. The van der Waals surface area contributed by atoms with Gasteiger partial charge in [0, 0.05) is 31.5 Å². The normalized spacial score (nSPS) is 13.3. The Morgan fingerprint density at radius 3 is 0.912 bits per heavy atom. The third kappa shape index (κ3) is 6.68. The van der Waals surface area contributed by atoms with Gasteiger partial charge in [-0.2, -0.15) is 0 Å². The first-order valence-corrected chi connectivity index (χ1v) is 12.3. The second-order valence-corrected chi connectivity index (χ2v) is 8.91. The van der Waals surface area contributed by atoms with Crippen molar-refractivity contribution in [3.63, 3.8) is 0 Å². The summed E-state index contributed by atoms with van der Waals surface area (Å²) in [6.45, 7) is 9.73. The predicted molar refractivity (Wildman–Crippen MR) is 146 cm³/mol. The summed E-state index contributed by atoms with van der Waals surface area (Å²) in [6.07, 6.45) is 0. The molecule has 4 aromatic rings. The second kappa shape index (κ2) is 12.9. The van der Waals surface area contributed by atoms with Gasteiger partial charge in [0.25, 0.3) is 0 Å². The van der Waals surface area contributed by atoms with Crippen molar-refractivity contribution in [3.8, 4) is 0 Å². The third-order valence-corrected chi connectivity index (χ3v) is 6.69. The molecule has 0 aliphatic rings. The third-order valence-electron chi connectivity index (χ3n) is 6.69. The molecule has 0 N–H and O–H groups in total. The van der Waals surface area contributed by atoms with Crippen LogP contribution in [-0.2, 0) is 4.74 Å². The zero-order valence-corrected chi connectivity index (χ0v) is 21.2. The molecular weight excluding hydrogens is 412 g/mol. The van der Waals surface area contributed by atoms with Gasteiger partial charge in [0.15, 0.2) is 0 Å². The molecule has 0 saturated heterocycles. The first kappa shape index (κ1) is 25.5. The van der Waals surface area contributed by atoms with Crippen molar-refractivity contribution in [1.29, 1.82) is 0 Å². The van der Waals surface area contributed by atoms with Crippen molar-refractivity contribution in [2.45, 2.75) is 45.4 Å². The molecule has 3 atom stereocenters. The van der Waals surface area contributed by atoms with Gasteiger partial charge in [-0.05, 0) is 40.3 Å². The SMILES string of the molecule is CC(c1ccccc1)c1cc(C(C)c2ccccc2)cc(C(C)c2ccccc2)c1.CCOC. The molecule has 1 nitrogen and oxygen atoms in total. The highest BCUT2D eigenvalue weighted by Gasteiger charge is 2.17. The maximum absolute atomic E-state index is 4.54. The molecule has 0 amide bonds. The zero-order valence-electron chi connectivity index (χ0n) is 21.2. The van der Waals surface area contributed by atoms with Crippen LogP contribution >= 0.6 is 0 Å².